The Balaban J connectivity index is 1.97. The zero-order chi connectivity index (χ0) is 14.5. The minimum atomic E-state index is -0.525. The van der Waals surface area contributed by atoms with Crippen LogP contribution < -0.4 is 15.4 Å². The number of rotatable bonds is 5. The fraction of sp³-hybridized carbons (Fsp3) is 0.533. The summed E-state index contributed by atoms with van der Waals surface area (Å²) in [7, 11) is 3.05. The van der Waals surface area contributed by atoms with E-state index in [1.165, 1.54) is 7.11 Å². The van der Waals surface area contributed by atoms with Crippen LogP contribution in [-0.2, 0) is 9.53 Å². The molecule has 5 nitrogen and oxygen atoms in total. The lowest BCUT2D eigenvalue weighted by molar-refractivity contribution is -0.142. The smallest absolute Gasteiger partial charge is 0.322 e. The number of para-hydroxylation sites is 2. The predicted octanol–water partition coefficient (Wildman–Crippen LogP) is 1.41. The minimum absolute atomic E-state index is 0.333. The maximum atomic E-state index is 11.4. The molecule has 0 spiro atoms. The molecule has 1 aliphatic heterocycles. The van der Waals surface area contributed by atoms with E-state index in [0.29, 0.717) is 12.3 Å². The van der Waals surface area contributed by atoms with E-state index in [2.05, 4.69) is 15.7 Å². The van der Waals surface area contributed by atoms with Crippen molar-refractivity contribution in [2.75, 3.05) is 32.2 Å². The summed E-state index contributed by atoms with van der Waals surface area (Å²) < 4.78 is 10.1. The maximum Gasteiger partial charge on any atom is 0.322 e. The number of anilines is 1. The van der Waals surface area contributed by atoms with Gasteiger partial charge in [-0.1, -0.05) is 12.1 Å². The summed E-state index contributed by atoms with van der Waals surface area (Å²) in [4.78, 5) is 13.7. The van der Waals surface area contributed by atoms with Gasteiger partial charge in [0.15, 0.2) is 0 Å². The Morgan fingerprint density at radius 2 is 2.20 bits per heavy atom. The van der Waals surface area contributed by atoms with Crippen LogP contribution >= 0.6 is 0 Å². The molecule has 1 saturated heterocycles. The highest BCUT2D eigenvalue weighted by atomic mass is 16.5. The lowest BCUT2D eigenvalue weighted by Gasteiger charge is -2.21. The summed E-state index contributed by atoms with van der Waals surface area (Å²) in [6, 6.07) is 7.46. The number of carbonyl (C=O) groups is 1. The van der Waals surface area contributed by atoms with Crippen LogP contribution in [0.25, 0.3) is 0 Å². The third kappa shape index (κ3) is 3.22. The largest absolute Gasteiger partial charge is 0.495 e. The number of methoxy groups -OCH3 is 2. The molecule has 0 aromatic heterocycles. The Bertz CT molecular complexity index is 464. The molecular formula is C15H22N2O3. The van der Waals surface area contributed by atoms with E-state index < -0.39 is 6.04 Å². The maximum absolute atomic E-state index is 11.4. The fourth-order valence-corrected chi connectivity index (χ4v) is 2.74. The van der Waals surface area contributed by atoms with Gasteiger partial charge < -0.3 is 20.1 Å². The van der Waals surface area contributed by atoms with E-state index in [4.69, 9.17) is 10.5 Å². The lowest BCUT2D eigenvalue weighted by Crippen LogP contribution is -2.34. The van der Waals surface area contributed by atoms with Gasteiger partial charge in [0.25, 0.3) is 0 Å². The van der Waals surface area contributed by atoms with Crippen LogP contribution in [0, 0.1) is 5.92 Å². The fourth-order valence-electron chi connectivity index (χ4n) is 2.74. The lowest BCUT2D eigenvalue weighted by atomic mass is 10.00. The number of benzene rings is 1. The van der Waals surface area contributed by atoms with Crippen LogP contribution in [0.5, 0.6) is 5.75 Å². The molecule has 1 aromatic carbocycles. The van der Waals surface area contributed by atoms with Crippen molar-refractivity contribution in [3.8, 4) is 5.75 Å². The van der Waals surface area contributed by atoms with Gasteiger partial charge >= 0.3 is 5.97 Å². The van der Waals surface area contributed by atoms with Gasteiger partial charge in [0.1, 0.15) is 11.8 Å². The van der Waals surface area contributed by atoms with Crippen LogP contribution in [0.15, 0.2) is 24.3 Å². The topological polar surface area (TPSA) is 64.8 Å². The standard InChI is InChI=1S/C15H22N2O3/c1-19-14-6-4-3-5-13(14)17-8-7-11(10-17)9-12(16)15(18)20-2/h3-6,11-12H,7-10,16H2,1-2H3. The number of hydrogen-bond donors (Lipinski definition) is 1. The molecule has 2 unspecified atom stereocenters. The van der Waals surface area contributed by atoms with E-state index in [9.17, 15) is 4.79 Å². The van der Waals surface area contributed by atoms with Crippen molar-refractivity contribution < 1.29 is 14.3 Å². The third-order valence-electron chi connectivity index (χ3n) is 3.80. The molecule has 1 heterocycles. The Morgan fingerprint density at radius 3 is 2.90 bits per heavy atom. The van der Waals surface area contributed by atoms with Gasteiger partial charge in [-0.2, -0.15) is 0 Å². The minimum Gasteiger partial charge on any atom is -0.495 e. The molecular weight excluding hydrogens is 256 g/mol. The van der Waals surface area contributed by atoms with Crippen LogP contribution in [0.3, 0.4) is 0 Å². The van der Waals surface area contributed by atoms with E-state index >= 15 is 0 Å². The van der Waals surface area contributed by atoms with E-state index in [1.807, 2.05) is 18.2 Å². The summed E-state index contributed by atoms with van der Waals surface area (Å²) in [5.41, 5.74) is 6.93. The second-order valence-electron chi connectivity index (χ2n) is 5.14. The normalized spacial score (nSPS) is 19.8. The van der Waals surface area contributed by atoms with Crippen LogP contribution in [0.4, 0.5) is 5.69 Å². The first-order chi connectivity index (χ1) is 9.65. The van der Waals surface area contributed by atoms with Crippen LogP contribution in [0.1, 0.15) is 12.8 Å². The third-order valence-corrected chi connectivity index (χ3v) is 3.80. The molecule has 0 radical (unpaired) electrons. The second kappa shape index (κ2) is 6.61. The first kappa shape index (κ1) is 14.7. The summed E-state index contributed by atoms with van der Waals surface area (Å²) in [6.07, 6.45) is 1.70. The van der Waals surface area contributed by atoms with Crippen molar-refractivity contribution in [3.63, 3.8) is 0 Å². The van der Waals surface area contributed by atoms with E-state index in [1.54, 1.807) is 7.11 Å². The zero-order valence-electron chi connectivity index (χ0n) is 12.0. The summed E-state index contributed by atoms with van der Waals surface area (Å²) >= 11 is 0. The molecule has 110 valence electrons. The van der Waals surface area contributed by atoms with Crippen molar-refractivity contribution >= 4 is 11.7 Å². The number of esters is 1. The van der Waals surface area contributed by atoms with Crippen molar-refractivity contribution in [2.45, 2.75) is 18.9 Å². The highest BCUT2D eigenvalue weighted by molar-refractivity contribution is 5.75. The number of nitrogens with zero attached hydrogens (tertiary/aromatic N) is 1. The summed E-state index contributed by atoms with van der Waals surface area (Å²) in [5.74, 6) is 0.958. The second-order valence-corrected chi connectivity index (χ2v) is 5.14. The molecule has 5 heteroatoms. The number of hydrogen-bond acceptors (Lipinski definition) is 5. The van der Waals surface area contributed by atoms with Crippen LogP contribution in [0.2, 0.25) is 0 Å². The highest BCUT2D eigenvalue weighted by Gasteiger charge is 2.28. The molecule has 0 aliphatic carbocycles. The first-order valence-corrected chi connectivity index (χ1v) is 6.87. The molecule has 0 saturated carbocycles. The van der Waals surface area contributed by atoms with Gasteiger partial charge in [-0.3, -0.25) is 4.79 Å². The molecule has 2 N–H and O–H groups in total. The molecule has 2 atom stereocenters. The summed E-state index contributed by atoms with van der Waals surface area (Å²) in [5, 5.41) is 0. The van der Waals surface area contributed by atoms with Gasteiger partial charge in [0, 0.05) is 13.1 Å². The quantitative estimate of drug-likeness (QED) is 0.825. The van der Waals surface area contributed by atoms with Crippen LogP contribution in [-0.4, -0.2) is 39.3 Å². The molecule has 0 amide bonds. The first-order valence-electron chi connectivity index (χ1n) is 6.87. The highest BCUT2D eigenvalue weighted by Crippen LogP contribution is 2.33. The number of ether oxygens (including phenoxy) is 2. The van der Waals surface area contributed by atoms with Gasteiger partial charge in [0.2, 0.25) is 0 Å². The monoisotopic (exact) mass is 278 g/mol. The molecule has 1 aromatic rings. The number of nitrogens with two attached hydrogens (primary N) is 1. The summed E-state index contributed by atoms with van der Waals surface area (Å²) in [6.45, 7) is 1.85. The van der Waals surface area contributed by atoms with Gasteiger partial charge in [-0.25, -0.2) is 0 Å². The Morgan fingerprint density at radius 1 is 1.45 bits per heavy atom. The Kier molecular flexibility index (Phi) is 4.84. The Hall–Kier alpha value is -1.75. The molecule has 0 bridgehead atoms. The SMILES string of the molecule is COC(=O)C(N)CC1CCN(c2ccccc2OC)C1. The van der Waals surface area contributed by atoms with Gasteiger partial charge in [-0.05, 0) is 30.9 Å². The average Bonchev–Trinajstić information content (AvgIpc) is 2.94. The van der Waals surface area contributed by atoms with Gasteiger partial charge in [0.05, 0.1) is 19.9 Å². The van der Waals surface area contributed by atoms with E-state index in [0.717, 1.165) is 30.9 Å². The van der Waals surface area contributed by atoms with Crippen molar-refractivity contribution in [2.24, 2.45) is 11.7 Å². The van der Waals surface area contributed by atoms with Crippen molar-refractivity contribution in [1.29, 1.82) is 0 Å². The zero-order valence-corrected chi connectivity index (χ0v) is 12.0. The molecule has 20 heavy (non-hydrogen) atoms. The van der Waals surface area contributed by atoms with E-state index in [-0.39, 0.29) is 5.97 Å². The number of carbonyl (C=O) groups excluding carboxylic acids is 1. The van der Waals surface area contributed by atoms with Crippen molar-refractivity contribution in [1.82, 2.24) is 0 Å². The average molecular weight is 278 g/mol. The molecule has 1 fully saturated rings. The Labute approximate surface area is 119 Å². The molecule has 2 rings (SSSR count). The predicted molar refractivity (Wildman–Crippen MR) is 77.9 cm³/mol. The molecule has 1 aliphatic rings. The van der Waals surface area contributed by atoms with Crippen molar-refractivity contribution in [3.05, 3.63) is 24.3 Å². The van der Waals surface area contributed by atoms with Gasteiger partial charge in [-0.15, -0.1) is 0 Å².